The van der Waals surface area contributed by atoms with Crippen LogP contribution >= 0.6 is 0 Å². The minimum absolute atomic E-state index is 0.0213. The van der Waals surface area contributed by atoms with Crippen molar-refractivity contribution in [1.82, 2.24) is 0 Å². The van der Waals surface area contributed by atoms with Gasteiger partial charge in [-0.25, -0.2) is 4.79 Å². The summed E-state index contributed by atoms with van der Waals surface area (Å²) in [4.78, 5) is 11.5. The zero-order valence-corrected chi connectivity index (χ0v) is 22.6. The van der Waals surface area contributed by atoms with E-state index in [9.17, 15) is 25.2 Å². The van der Waals surface area contributed by atoms with Gasteiger partial charge in [0.15, 0.2) is 6.29 Å². The fraction of sp³-hybridized carbons (Fsp3) is 0.767. The first-order valence-electron chi connectivity index (χ1n) is 14.4. The van der Waals surface area contributed by atoms with E-state index in [1.54, 1.807) is 13.2 Å². The first-order valence-corrected chi connectivity index (χ1v) is 14.4. The van der Waals surface area contributed by atoms with Crippen LogP contribution in [0, 0.1) is 22.7 Å². The number of aliphatic hydroxyl groups is 4. The Balaban J connectivity index is 1.21. The van der Waals surface area contributed by atoms with Gasteiger partial charge >= 0.3 is 5.63 Å². The van der Waals surface area contributed by atoms with E-state index in [0.29, 0.717) is 5.92 Å². The summed E-state index contributed by atoms with van der Waals surface area (Å²) in [5.74, 6) is 0.759. The van der Waals surface area contributed by atoms with Gasteiger partial charge in [0, 0.05) is 11.5 Å². The fourth-order valence-electron chi connectivity index (χ4n) is 9.17. The molecule has 0 spiro atoms. The summed E-state index contributed by atoms with van der Waals surface area (Å²) in [5, 5.41) is 43.0. The predicted octanol–water partition coefficient (Wildman–Crippen LogP) is 3.01. The third kappa shape index (κ3) is 3.82. The quantitative estimate of drug-likeness (QED) is 0.439. The van der Waals surface area contributed by atoms with Crippen LogP contribution in [0.1, 0.15) is 83.6 Å². The second-order valence-corrected chi connectivity index (χ2v) is 13.1. The van der Waals surface area contributed by atoms with Gasteiger partial charge in [0.1, 0.15) is 18.3 Å². The number of hydrogen-bond acceptors (Lipinski definition) is 8. The molecule has 0 radical (unpaired) electrons. The van der Waals surface area contributed by atoms with Crippen molar-refractivity contribution in [3.8, 4) is 0 Å². The lowest BCUT2D eigenvalue weighted by atomic mass is 9.45. The SMILES string of the molecule is C[C@@H]1OC(OC2C=C3CCC4C(CCC5(C)[C@@H](c6ccc(=O)oc6)CC[C@]45O)[C@@]3(C)CC2)[C@H](O)[C@H](O)[C@H]1O. The molecule has 0 aromatic carbocycles. The van der Waals surface area contributed by atoms with Gasteiger partial charge in [-0.05, 0) is 93.1 Å². The van der Waals surface area contributed by atoms with Crippen molar-refractivity contribution in [2.45, 2.75) is 120 Å². The Bertz CT molecular complexity index is 1130. The van der Waals surface area contributed by atoms with E-state index in [1.807, 2.05) is 6.07 Å². The lowest BCUT2D eigenvalue weighted by molar-refractivity contribution is -0.301. The van der Waals surface area contributed by atoms with Crippen LogP contribution in [0.3, 0.4) is 0 Å². The maximum absolute atomic E-state index is 12.4. The fourth-order valence-corrected chi connectivity index (χ4v) is 9.17. The number of aliphatic hydroxyl groups excluding tert-OH is 3. The summed E-state index contributed by atoms with van der Waals surface area (Å²) in [5.41, 5.74) is 0.991. The second kappa shape index (κ2) is 9.25. The van der Waals surface area contributed by atoms with Gasteiger partial charge in [0.05, 0.1) is 24.1 Å². The Labute approximate surface area is 223 Å². The molecule has 8 nitrogen and oxygen atoms in total. The molecule has 12 atom stereocenters. The van der Waals surface area contributed by atoms with Gasteiger partial charge in [-0.2, -0.15) is 0 Å². The zero-order valence-electron chi connectivity index (χ0n) is 22.6. The molecule has 38 heavy (non-hydrogen) atoms. The molecule has 1 aliphatic heterocycles. The van der Waals surface area contributed by atoms with Gasteiger partial charge in [0.2, 0.25) is 0 Å². The highest BCUT2D eigenvalue weighted by Gasteiger charge is 2.66. The van der Waals surface area contributed by atoms with Gasteiger partial charge in [-0.3, -0.25) is 0 Å². The molecular weight excluding hydrogens is 488 g/mol. The van der Waals surface area contributed by atoms with Crippen molar-refractivity contribution in [3.63, 3.8) is 0 Å². The summed E-state index contributed by atoms with van der Waals surface area (Å²) >= 11 is 0. The van der Waals surface area contributed by atoms with E-state index in [4.69, 9.17) is 13.9 Å². The van der Waals surface area contributed by atoms with Crippen molar-refractivity contribution in [3.05, 3.63) is 46.0 Å². The number of hydrogen-bond donors (Lipinski definition) is 4. The number of allylic oxidation sites excluding steroid dienone is 1. The van der Waals surface area contributed by atoms with Crippen LogP contribution in [0.5, 0.6) is 0 Å². The molecule has 8 heteroatoms. The second-order valence-electron chi connectivity index (χ2n) is 13.1. The van der Waals surface area contributed by atoms with Gasteiger partial charge in [-0.15, -0.1) is 0 Å². The van der Waals surface area contributed by atoms with Crippen LogP contribution in [0.4, 0.5) is 0 Å². The van der Waals surface area contributed by atoms with E-state index in [1.165, 1.54) is 11.6 Å². The van der Waals surface area contributed by atoms with Crippen molar-refractivity contribution in [1.29, 1.82) is 0 Å². The Morgan fingerprint density at radius 2 is 1.74 bits per heavy atom. The highest BCUT2D eigenvalue weighted by atomic mass is 16.7. The maximum Gasteiger partial charge on any atom is 0.335 e. The minimum Gasteiger partial charge on any atom is -0.431 e. The molecule has 4 N–H and O–H groups in total. The first-order chi connectivity index (χ1) is 18.0. The van der Waals surface area contributed by atoms with Crippen molar-refractivity contribution in [2.75, 3.05) is 0 Å². The van der Waals surface area contributed by atoms with Crippen LogP contribution in [-0.2, 0) is 9.47 Å². The molecule has 5 unspecified atom stereocenters. The first kappa shape index (κ1) is 26.7. The van der Waals surface area contributed by atoms with E-state index in [0.717, 1.165) is 56.9 Å². The molecule has 4 fully saturated rings. The topological polar surface area (TPSA) is 130 Å². The average molecular weight is 531 g/mol. The average Bonchev–Trinajstić information content (AvgIpc) is 3.18. The third-order valence-electron chi connectivity index (χ3n) is 11.5. The van der Waals surface area contributed by atoms with Crippen LogP contribution in [0.25, 0.3) is 0 Å². The lowest BCUT2D eigenvalue weighted by Gasteiger charge is -2.62. The molecule has 3 saturated carbocycles. The highest BCUT2D eigenvalue weighted by molar-refractivity contribution is 5.31. The molecule has 1 saturated heterocycles. The smallest absolute Gasteiger partial charge is 0.335 e. The summed E-state index contributed by atoms with van der Waals surface area (Å²) in [6.45, 7) is 6.26. The molecule has 1 aromatic heterocycles. The lowest BCUT2D eigenvalue weighted by Crippen LogP contribution is -2.60. The summed E-state index contributed by atoms with van der Waals surface area (Å²) in [6.07, 6.45) is 5.32. The molecule has 1 aromatic rings. The Kier molecular flexibility index (Phi) is 6.49. The molecule has 6 rings (SSSR count). The number of ether oxygens (including phenoxy) is 2. The Morgan fingerprint density at radius 3 is 2.47 bits per heavy atom. The summed E-state index contributed by atoms with van der Waals surface area (Å²) in [6, 6.07) is 3.36. The van der Waals surface area contributed by atoms with E-state index in [2.05, 4.69) is 19.9 Å². The van der Waals surface area contributed by atoms with Crippen molar-refractivity contribution >= 4 is 0 Å². The van der Waals surface area contributed by atoms with Crippen LogP contribution in [0.15, 0.2) is 39.3 Å². The van der Waals surface area contributed by atoms with Gasteiger partial charge in [-0.1, -0.05) is 25.5 Å². The largest absolute Gasteiger partial charge is 0.431 e. The van der Waals surface area contributed by atoms with Gasteiger partial charge < -0.3 is 34.3 Å². The molecule has 5 aliphatic rings. The molecule has 0 amide bonds. The minimum atomic E-state index is -1.31. The molecule has 210 valence electrons. The Morgan fingerprint density at radius 1 is 0.947 bits per heavy atom. The number of fused-ring (bicyclic) bond motifs is 5. The molecule has 4 aliphatic carbocycles. The van der Waals surface area contributed by atoms with Crippen molar-refractivity contribution in [2.24, 2.45) is 22.7 Å². The van der Waals surface area contributed by atoms with Crippen LogP contribution in [-0.4, -0.2) is 62.8 Å². The summed E-state index contributed by atoms with van der Waals surface area (Å²) < 4.78 is 17.0. The van der Waals surface area contributed by atoms with E-state index < -0.39 is 36.3 Å². The third-order valence-corrected chi connectivity index (χ3v) is 11.5. The van der Waals surface area contributed by atoms with E-state index in [-0.39, 0.29) is 34.4 Å². The normalized spacial score (nSPS) is 50.5. The number of rotatable bonds is 3. The van der Waals surface area contributed by atoms with Crippen molar-refractivity contribution < 1.29 is 34.3 Å². The standard InChI is InChI=1S/C30H42O8/c1-16-24(32)25(33)26(34)27(37-16)38-19-8-11-28(2)18(14-19)5-6-22-21(28)9-12-29(3)20(10-13-30(22,29)35)17-4-7-23(31)36-15-17/h4,7,14-16,19-22,24-27,32-35H,5-6,8-13H2,1-3H3/t16-,19?,20+,21?,22?,24-,25+,26+,27?,28-,29?,30-/m0/s1. The van der Waals surface area contributed by atoms with Crippen LogP contribution in [0.2, 0.25) is 0 Å². The predicted molar refractivity (Wildman–Crippen MR) is 138 cm³/mol. The summed E-state index contributed by atoms with van der Waals surface area (Å²) in [7, 11) is 0. The molecule has 0 bridgehead atoms. The monoisotopic (exact) mass is 530 g/mol. The maximum atomic E-state index is 12.4. The van der Waals surface area contributed by atoms with Crippen LogP contribution < -0.4 is 5.63 Å². The zero-order chi connectivity index (χ0) is 27.0. The Hall–Kier alpha value is -1.55. The van der Waals surface area contributed by atoms with Gasteiger partial charge in [0.25, 0.3) is 0 Å². The molecular formula is C30H42O8. The molecule has 2 heterocycles. The highest BCUT2D eigenvalue weighted by Crippen LogP contribution is 2.70. The van der Waals surface area contributed by atoms with E-state index >= 15 is 0 Å².